The van der Waals surface area contributed by atoms with Crippen molar-refractivity contribution in [1.29, 1.82) is 0 Å². The van der Waals surface area contributed by atoms with Crippen LogP contribution < -0.4 is 5.32 Å². The molecule has 0 aromatic carbocycles. The predicted molar refractivity (Wildman–Crippen MR) is 87.4 cm³/mol. The zero-order chi connectivity index (χ0) is 16.2. The van der Waals surface area contributed by atoms with Crippen molar-refractivity contribution in [2.45, 2.75) is 38.9 Å². The van der Waals surface area contributed by atoms with E-state index in [0.717, 1.165) is 36.5 Å². The Balaban J connectivity index is 1.66. The zero-order valence-electron chi connectivity index (χ0n) is 13.7. The summed E-state index contributed by atoms with van der Waals surface area (Å²) in [5.41, 5.74) is 3.23. The molecule has 6 heteroatoms. The predicted octanol–water partition coefficient (Wildman–Crippen LogP) is 1.79. The van der Waals surface area contributed by atoms with Gasteiger partial charge in [0.05, 0.1) is 17.4 Å². The zero-order valence-corrected chi connectivity index (χ0v) is 13.7. The molecule has 1 saturated heterocycles. The molecule has 122 valence electrons. The number of carbonyl (C=O) groups is 1. The molecule has 0 radical (unpaired) electrons. The Bertz CT molecular complexity index is 664. The van der Waals surface area contributed by atoms with Gasteiger partial charge in [0.2, 0.25) is 5.91 Å². The fourth-order valence-electron chi connectivity index (χ4n) is 3.07. The molecule has 0 bridgehead atoms. The smallest absolute Gasteiger partial charge is 0.217 e. The largest absolute Gasteiger partial charge is 0.352 e. The van der Waals surface area contributed by atoms with Crippen molar-refractivity contribution in [3.05, 3.63) is 47.5 Å². The quantitative estimate of drug-likeness (QED) is 0.914. The highest BCUT2D eigenvalue weighted by Crippen LogP contribution is 2.31. The SMILES string of the molecule is CC(=O)NCc1ccc(C2CCCN2Cc2ccn(C)n2)nc1. The molecule has 6 nitrogen and oxygen atoms in total. The first-order valence-corrected chi connectivity index (χ1v) is 8.03. The van der Waals surface area contributed by atoms with E-state index in [0.29, 0.717) is 12.6 Å². The van der Waals surface area contributed by atoms with Gasteiger partial charge in [0, 0.05) is 39.5 Å². The fourth-order valence-corrected chi connectivity index (χ4v) is 3.07. The third-order valence-electron chi connectivity index (χ3n) is 4.23. The number of rotatable bonds is 5. The second-order valence-corrected chi connectivity index (χ2v) is 6.11. The lowest BCUT2D eigenvalue weighted by Gasteiger charge is -2.23. The first kappa shape index (κ1) is 15.7. The molecular formula is C17H23N5O. The van der Waals surface area contributed by atoms with Gasteiger partial charge >= 0.3 is 0 Å². The Labute approximate surface area is 136 Å². The van der Waals surface area contributed by atoms with Crippen LogP contribution in [0.15, 0.2) is 30.6 Å². The summed E-state index contributed by atoms with van der Waals surface area (Å²) in [7, 11) is 1.94. The lowest BCUT2D eigenvalue weighted by Crippen LogP contribution is -2.24. The maximum absolute atomic E-state index is 11.0. The molecule has 3 rings (SSSR count). The standard InChI is InChI=1S/C17H23N5O/c1-13(23)18-10-14-5-6-16(19-11-14)17-4-3-8-22(17)12-15-7-9-21(2)20-15/h5-7,9,11,17H,3-4,8,10,12H2,1-2H3,(H,18,23). The minimum absolute atomic E-state index is 0.0218. The van der Waals surface area contributed by atoms with Crippen molar-refractivity contribution in [3.8, 4) is 0 Å². The Morgan fingerprint density at radius 3 is 2.91 bits per heavy atom. The van der Waals surface area contributed by atoms with Gasteiger partial charge in [-0.05, 0) is 37.1 Å². The molecule has 2 aromatic heterocycles. The maximum atomic E-state index is 11.0. The molecule has 1 aliphatic heterocycles. The summed E-state index contributed by atoms with van der Waals surface area (Å²) in [6.07, 6.45) is 6.16. The van der Waals surface area contributed by atoms with Crippen LogP contribution in [-0.4, -0.2) is 32.1 Å². The minimum atomic E-state index is -0.0218. The third-order valence-corrected chi connectivity index (χ3v) is 4.23. The summed E-state index contributed by atoms with van der Waals surface area (Å²) >= 11 is 0. The van der Waals surface area contributed by atoms with Gasteiger partial charge in [0.15, 0.2) is 0 Å². The summed E-state index contributed by atoms with van der Waals surface area (Å²) in [4.78, 5) is 18.0. The van der Waals surface area contributed by atoms with Gasteiger partial charge in [-0.15, -0.1) is 0 Å². The fraction of sp³-hybridized carbons (Fsp3) is 0.471. The van der Waals surface area contributed by atoms with Gasteiger partial charge in [-0.2, -0.15) is 5.10 Å². The highest BCUT2D eigenvalue weighted by molar-refractivity contribution is 5.72. The molecule has 1 atom stereocenters. The molecule has 1 aliphatic rings. The molecule has 0 aliphatic carbocycles. The number of amides is 1. The van der Waals surface area contributed by atoms with Crippen molar-refractivity contribution in [3.63, 3.8) is 0 Å². The number of aromatic nitrogens is 3. The van der Waals surface area contributed by atoms with Crippen LogP contribution in [0.1, 0.15) is 42.8 Å². The molecule has 0 saturated carbocycles. The van der Waals surface area contributed by atoms with Crippen LogP contribution in [0.4, 0.5) is 0 Å². The second kappa shape index (κ2) is 6.91. The van der Waals surface area contributed by atoms with Crippen LogP contribution in [0.2, 0.25) is 0 Å². The van der Waals surface area contributed by atoms with Gasteiger partial charge < -0.3 is 5.32 Å². The van der Waals surface area contributed by atoms with E-state index in [4.69, 9.17) is 0 Å². The van der Waals surface area contributed by atoms with Gasteiger partial charge in [-0.3, -0.25) is 19.4 Å². The Morgan fingerprint density at radius 2 is 2.26 bits per heavy atom. The minimum Gasteiger partial charge on any atom is -0.352 e. The van der Waals surface area contributed by atoms with E-state index in [2.05, 4.69) is 38.5 Å². The summed E-state index contributed by atoms with van der Waals surface area (Å²) in [5.74, 6) is -0.0218. The Morgan fingerprint density at radius 1 is 1.39 bits per heavy atom. The number of hydrogen-bond donors (Lipinski definition) is 1. The number of nitrogens with zero attached hydrogens (tertiary/aromatic N) is 4. The van der Waals surface area contributed by atoms with Crippen LogP contribution in [0.3, 0.4) is 0 Å². The van der Waals surface area contributed by atoms with E-state index in [9.17, 15) is 4.79 Å². The Hall–Kier alpha value is -2.21. The summed E-state index contributed by atoms with van der Waals surface area (Å²) in [5, 5.41) is 7.27. The van der Waals surface area contributed by atoms with Crippen molar-refractivity contribution in [2.24, 2.45) is 7.05 Å². The van der Waals surface area contributed by atoms with Gasteiger partial charge in [-0.25, -0.2) is 0 Å². The van der Waals surface area contributed by atoms with E-state index in [1.807, 2.05) is 24.1 Å². The average molecular weight is 313 g/mol. The van der Waals surface area contributed by atoms with Gasteiger partial charge in [-0.1, -0.05) is 6.07 Å². The summed E-state index contributed by atoms with van der Waals surface area (Å²) in [6, 6.07) is 6.56. The highest BCUT2D eigenvalue weighted by atomic mass is 16.1. The van der Waals surface area contributed by atoms with Crippen LogP contribution in [-0.2, 0) is 24.9 Å². The van der Waals surface area contributed by atoms with Crippen LogP contribution in [0, 0.1) is 0 Å². The number of carbonyl (C=O) groups excluding carboxylic acids is 1. The first-order chi connectivity index (χ1) is 11.1. The molecule has 1 fully saturated rings. The normalized spacial score (nSPS) is 18.3. The van der Waals surface area contributed by atoms with Crippen molar-refractivity contribution < 1.29 is 4.79 Å². The second-order valence-electron chi connectivity index (χ2n) is 6.11. The van der Waals surface area contributed by atoms with E-state index in [1.165, 1.54) is 13.3 Å². The number of likely N-dealkylation sites (tertiary alicyclic amines) is 1. The Kier molecular flexibility index (Phi) is 4.71. The van der Waals surface area contributed by atoms with Crippen molar-refractivity contribution in [2.75, 3.05) is 6.54 Å². The molecule has 2 aromatic rings. The number of aryl methyl sites for hydroxylation is 1. The number of hydrogen-bond acceptors (Lipinski definition) is 4. The molecule has 23 heavy (non-hydrogen) atoms. The maximum Gasteiger partial charge on any atom is 0.217 e. The molecular weight excluding hydrogens is 290 g/mol. The topological polar surface area (TPSA) is 63.1 Å². The van der Waals surface area contributed by atoms with Crippen LogP contribution in [0.5, 0.6) is 0 Å². The van der Waals surface area contributed by atoms with E-state index >= 15 is 0 Å². The molecule has 1 N–H and O–H groups in total. The summed E-state index contributed by atoms with van der Waals surface area (Å²) < 4.78 is 1.84. The lowest BCUT2D eigenvalue weighted by atomic mass is 10.1. The number of pyridine rings is 1. The van der Waals surface area contributed by atoms with Gasteiger partial charge in [0.1, 0.15) is 0 Å². The van der Waals surface area contributed by atoms with E-state index in [-0.39, 0.29) is 5.91 Å². The van der Waals surface area contributed by atoms with Crippen LogP contribution >= 0.6 is 0 Å². The average Bonchev–Trinajstić information content (AvgIpc) is 3.15. The molecule has 1 amide bonds. The first-order valence-electron chi connectivity index (χ1n) is 8.03. The van der Waals surface area contributed by atoms with E-state index < -0.39 is 0 Å². The van der Waals surface area contributed by atoms with Crippen molar-refractivity contribution >= 4 is 5.91 Å². The van der Waals surface area contributed by atoms with Gasteiger partial charge in [0.25, 0.3) is 0 Å². The van der Waals surface area contributed by atoms with Crippen LogP contribution in [0.25, 0.3) is 0 Å². The third kappa shape index (κ3) is 3.96. The summed E-state index contributed by atoms with van der Waals surface area (Å²) in [6.45, 7) is 4.00. The highest BCUT2D eigenvalue weighted by Gasteiger charge is 2.27. The van der Waals surface area contributed by atoms with Crippen molar-refractivity contribution in [1.82, 2.24) is 25.0 Å². The monoisotopic (exact) mass is 313 g/mol. The molecule has 0 spiro atoms. The van der Waals surface area contributed by atoms with E-state index in [1.54, 1.807) is 0 Å². The number of nitrogens with one attached hydrogen (secondary N) is 1. The molecule has 3 heterocycles. The molecule has 1 unspecified atom stereocenters. The lowest BCUT2D eigenvalue weighted by molar-refractivity contribution is -0.119.